The summed E-state index contributed by atoms with van der Waals surface area (Å²) in [5.74, 6) is -0.913. The molecule has 0 aromatic carbocycles. The Morgan fingerprint density at radius 3 is 1.76 bits per heavy atom. The number of unbranched alkanes of at least 4 members (excludes halogenated alkanes) is 12. The molecule has 2 N–H and O–H groups in total. The van der Waals surface area contributed by atoms with Gasteiger partial charge in [-0.25, -0.2) is 4.57 Å². The number of hydrogen-bond acceptors (Lipinski definition) is 6. The fraction of sp³-hybridized carbons (Fsp3) is 0.750. The van der Waals surface area contributed by atoms with Crippen LogP contribution in [0, 0.1) is 0 Å². The zero-order valence-electron chi connectivity index (χ0n) is 25.7. The fourth-order valence-corrected chi connectivity index (χ4v) is 4.45. The normalized spacial score (nSPS) is 13.0. The van der Waals surface area contributed by atoms with E-state index < -0.39 is 32.5 Å². The average Bonchev–Trinajstić information content (AvgIpc) is 2.93. The lowest BCUT2D eigenvalue weighted by molar-refractivity contribution is -0.161. The zero-order valence-corrected chi connectivity index (χ0v) is 26.6. The molecule has 0 spiro atoms. The molecule has 0 fully saturated rings. The number of allylic oxidation sites excluding steroid dienone is 6. The topological polar surface area (TPSA) is 119 Å². The van der Waals surface area contributed by atoms with Crippen molar-refractivity contribution < 1.29 is 37.9 Å². The molecular weight excluding hydrogens is 543 g/mol. The van der Waals surface area contributed by atoms with Crippen LogP contribution >= 0.6 is 7.82 Å². The second kappa shape index (κ2) is 28.4. The quantitative estimate of drug-likeness (QED) is 0.0396. The Morgan fingerprint density at radius 2 is 1.17 bits per heavy atom. The molecule has 0 aromatic heterocycles. The first-order chi connectivity index (χ1) is 19.8. The largest absolute Gasteiger partial charge is 0.469 e. The monoisotopic (exact) mass is 600 g/mol. The summed E-state index contributed by atoms with van der Waals surface area (Å²) in [7, 11) is -4.74. The van der Waals surface area contributed by atoms with Crippen molar-refractivity contribution in [2.75, 3.05) is 13.2 Å². The number of ether oxygens (including phenoxy) is 2. The standard InChI is InChI=1S/C32H57O8P/c1-3-5-7-9-11-13-14-15-16-17-18-19-21-22-24-26-31(33)38-28-30(29-39-41(35,36)37)40-32(34)27-25-23-20-12-10-8-6-4-2/h5,7,11,13,15-16,30H,3-4,6,8-10,12,14,17-29H2,1-2H3,(H2,35,36,37)/b7-5+,13-11+,16-15+/t30-/m1/s1. The van der Waals surface area contributed by atoms with Gasteiger partial charge in [-0.1, -0.05) is 115 Å². The summed E-state index contributed by atoms with van der Waals surface area (Å²) in [5.41, 5.74) is 0. The first-order valence-electron chi connectivity index (χ1n) is 15.8. The van der Waals surface area contributed by atoms with Gasteiger partial charge in [0.25, 0.3) is 0 Å². The van der Waals surface area contributed by atoms with Gasteiger partial charge in [-0.2, -0.15) is 0 Å². The summed E-state index contributed by atoms with van der Waals surface area (Å²) >= 11 is 0. The Hall–Kier alpha value is -1.73. The van der Waals surface area contributed by atoms with Crippen molar-refractivity contribution in [3.05, 3.63) is 36.5 Å². The Labute approximate surface area is 249 Å². The Morgan fingerprint density at radius 1 is 0.659 bits per heavy atom. The van der Waals surface area contributed by atoms with Crippen LogP contribution in [0.15, 0.2) is 36.5 Å². The molecule has 41 heavy (non-hydrogen) atoms. The van der Waals surface area contributed by atoms with E-state index in [1.165, 1.54) is 25.7 Å². The number of phosphoric acid groups is 1. The predicted molar refractivity (Wildman–Crippen MR) is 165 cm³/mol. The van der Waals surface area contributed by atoms with E-state index in [1.807, 2.05) is 0 Å². The van der Waals surface area contributed by atoms with Crippen molar-refractivity contribution >= 4 is 19.8 Å². The van der Waals surface area contributed by atoms with E-state index in [0.717, 1.165) is 70.6 Å². The van der Waals surface area contributed by atoms with E-state index in [2.05, 4.69) is 54.8 Å². The highest BCUT2D eigenvalue weighted by Gasteiger charge is 2.22. The molecule has 8 nitrogen and oxygen atoms in total. The van der Waals surface area contributed by atoms with Crippen LogP contribution in [0.25, 0.3) is 0 Å². The van der Waals surface area contributed by atoms with Crippen LogP contribution in [-0.2, 0) is 28.2 Å². The average molecular weight is 601 g/mol. The molecule has 0 saturated heterocycles. The molecule has 238 valence electrons. The van der Waals surface area contributed by atoms with E-state index in [-0.39, 0.29) is 19.4 Å². The highest BCUT2D eigenvalue weighted by atomic mass is 31.2. The number of carbonyl (C=O) groups is 2. The maximum absolute atomic E-state index is 12.2. The first-order valence-corrected chi connectivity index (χ1v) is 17.3. The molecule has 0 bridgehead atoms. The van der Waals surface area contributed by atoms with Crippen molar-refractivity contribution in [2.45, 2.75) is 142 Å². The van der Waals surface area contributed by atoms with Crippen LogP contribution in [0.3, 0.4) is 0 Å². The van der Waals surface area contributed by atoms with Crippen LogP contribution in [0.5, 0.6) is 0 Å². The van der Waals surface area contributed by atoms with Gasteiger partial charge in [-0.15, -0.1) is 0 Å². The second-order valence-electron chi connectivity index (χ2n) is 10.4. The zero-order chi connectivity index (χ0) is 30.4. The van der Waals surface area contributed by atoms with Gasteiger partial charge in [0.05, 0.1) is 6.61 Å². The summed E-state index contributed by atoms with van der Waals surface area (Å²) < 4.78 is 26.1. The third kappa shape index (κ3) is 31.0. The van der Waals surface area contributed by atoms with Crippen molar-refractivity contribution in [3.63, 3.8) is 0 Å². The highest BCUT2D eigenvalue weighted by Crippen LogP contribution is 2.35. The first kappa shape index (κ1) is 39.3. The van der Waals surface area contributed by atoms with Gasteiger partial charge in [-0.05, 0) is 44.9 Å². The third-order valence-corrected chi connectivity index (χ3v) is 6.91. The molecule has 0 radical (unpaired) electrons. The lowest BCUT2D eigenvalue weighted by atomic mass is 10.1. The number of phosphoric ester groups is 1. The maximum atomic E-state index is 12.2. The van der Waals surface area contributed by atoms with Gasteiger partial charge in [0.1, 0.15) is 6.61 Å². The Kier molecular flexibility index (Phi) is 27.2. The van der Waals surface area contributed by atoms with Crippen molar-refractivity contribution in [1.29, 1.82) is 0 Å². The third-order valence-electron chi connectivity index (χ3n) is 6.42. The van der Waals surface area contributed by atoms with Gasteiger partial charge in [0, 0.05) is 12.8 Å². The Balaban J connectivity index is 4.04. The van der Waals surface area contributed by atoms with Crippen molar-refractivity contribution in [3.8, 4) is 0 Å². The van der Waals surface area contributed by atoms with Crippen molar-refractivity contribution in [2.24, 2.45) is 0 Å². The van der Waals surface area contributed by atoms with Crippen LogP contribution in [-0.4, -0.2) is 41.0 Å². The second-order valence-corrected chi connectivity index (χ2v) is 11.6. The van der Waals surface area contributed by atoms with Gasteiger partial charge in [-0.3, -0.25) is 14.1 Å². The smallest absolute Gasteiger partial charge is 0.462 e. The summed E-state index contributed by atoms with van der Waals surface area (Å²) in [6, 6.07) is 0. The maximum Gasteiger partial charge on any atom is 0.469 e. The minimum Gasteiger partial charge on any atom is -0.462 e. The van der Waals surface area contributed by atoms with E-state index in [0.29, 0.717) is 12.8 Å². The van der Waals surface area contributed by atoms with Crippen LogP contribution < -0.4 is 0 Å². The number of carbonyl (C=O) groups excluding carboxylic acids is 2. The molecule has 0 aliphatic rings. The Bertz CT molecular complexity index is 772. The molecule has 0 saturated carbocycles. The molecule has 0 unspecified atom stereocenters. The molecule has 0 aliphatic carbocycles. The molecule has 0 heterocycles. The minimum atomic E-state index is -4.74. The fourth-order valence-electron chi connectivity index (χ4n) is 4.09. The number of rotatable bonds is 28. The molecule has 0 rings (SSSR count). The molecule has 9 heteroatoms. The van der Waals surface area contributed by atoms with E-state index in [1.54, 1.807) is 0 Å². The highest BCUT2D eigenvalue weighted by molar-refractivity contribution is 7.46. The van der Waals surface area contributed by atoms with Gasteiger partial charge in [0.2, 0.25) is 0 Å². The minimum absolute atomic E-state index is 0.207. The summed E-state index contributed by atoms with van der Waals surface area (Å²) in [6.07, 6.45) is 30.3. The van der Waals surface area contributed by atoms with Gasteiger partial charge >= 0.3 is 19.8 Å². The van der Waals surface area contributed by atoms with E-state index in [4.69, 9.17) is 19.3 Å². The predicted octanol–water partition coefficient (Wildman–Crippen LogP) is 8.67. The number of hydrogen-bond donors (Lipinski definition) is 2. The van der Waals surface area contributed by atoms with Gasteiger partial charge < -0.3 is 19.3 Å². The van der Waals surface area contributed by atoms with Crippen LogP contribution in [0.2, 0.25) is 0 Å². The molecule has 0 amide bonds. The lowest BCUT2D eigenvalue weighted by Gasteiger charge is -2.18. The summed E-state index contributed by atoms with van der Waals surface area (Å²) in [4.78, 5) is 42.3. The van der Waals surface area contributed by atoms with E-state index >= 15 is 0 Å². The molecule has 1 atom stereocenters. The lowest BCUT2D eigenvalue weighted by Crippen LogP contribution is -2.29. The molecule has 0 aliphatic heterocycles. The van der Waals surface area contributed by atoms with E-state index in [9.17, 15) is 14.2 Å². The van der Waals surface area contributed by atoms with Crippen molar-refractivity contribution in [1.82, 2.24) is 0 Å². The molecule has 0 aromatic rings. The van der Waals surface area contributed by atoms with Crippen LogP contribution in [0.4, 0.5) is 0 Å². The number of esters is 2. The van der Waals surface area contributed by atoms with Crippen LogP contribution in [0.1, 0.15) is 136 Å². The summed E-state index contributed by atoms with van der Waals surface area (Å²) in [6.45, 7) is 3.48. The molecular formula is C32H57O8P. The summed E-state index contributed by atoms with van der Waals surface area (Å²) in [5, 5.41) is 0. The van der Waals surface area contributed by atoms with Gasteiger partial charge in [0.15, 0.2) is 6.10 Å². The SMILES string of the molecule is CC/C=C/C/C=C/C/C=C/CCCCCCCC(=O)OC[C@H](COP(=O)(O)O)OC(=O)CCCCCCCCCC.